The lowest BCUT2D eigenvalue weighted by molar-refractivity contribution is -0.148. The van der Waals surface area contributed by atoms with Gasteiger partial charge in [0.1, 0.15) is 11.3 Å². The van der Waals surface area contributed by atoms with Gasteiger partial charge in [-0.1, -0.05) is 25.8 Å². The smallest absolute Gasteiger partial charge is 0.311 e. The molecule has 3 N–H and O–H groups in total. The van der Waals surface area contributed by atoms with E-state index in [0.29, 0.717) is 22.8 Å². The Balaban J connectivity index is 1.64. The Kier molecular flexibility index (Phi) is 6.51. The average Bonchev–Trinajstić information content (AvgIpc) is 3.40. The molecule has 2 heterocycles. The summed E-state index contributed by atoms with van der Waals surface area (Å²) < 4.78 is 20.9. The molecule has 32 heavy (non-hydrogen) atoms. The fourth-order valence-corrected chi connectivity index (χ4v) is 5.25. The van der Waals surface area contributed by atoms with Crippen molar-refractivity contribution in [1.82, 2.24) is 14.9 Å². The van der Waals surface area contributed by atoms with Crippen LogP contribution in [0.3, 0.4) is 0 Å². The van der Waals surface area contributed by atoms with Crippen LogP contribution < -0.4 is 5.73 Å². The van der Waals surface area contributed by atoms with Crippen molar-refractivity contribution in [1.29, 1.82) is 0 Å². The molecule has 3 atom stereocenters. The number of nitrogens with zero attached hydrogens (tertiary/aromatic N) is 2. The minimum absolute atomic E-state index is 0.141. The molecule has 1 saturated heterocycles. The molecular formula is C24H33FN4O3. The van der Waals surface area contributed by atoms with Gasteiger partial charge in [0, 0.05) is 25.9 Å². The highest BCUT2D eigenvalue weighted by Crippen LogP contribution is 2.38. The molecule has 0 radical (unpaired) electrons. The van der Waals surface area contributed by atoms with Gasteiger partial charge in [-0.05, 0) is 43.2 Å². The Morgan fingerprint density at radius 3 is 2.66 bits per heavy atom. The highest BCUT2D eigenvalue weighted by molar-refractivity contribution is 5.81. The lowest BCUT2D eigenvalue weighted by Gasteiger charge is -2.29. The van der Waals surface area contributed by atoms with E-state index in [2.05, 4.69) is 16.9 Å². The highest BCUT2D eigenvalue weighted by atomic mass is 19.1. The van der Waals surface area contributed by atoms with E-state index in [1.165, 1.54) is 6.92 Å². The van der Waals surface area contributed by atoms with Crippen molar-refractivity contribution in [2.75, 3.05) is 19.7 Å². The molecular weight excluding hydrogens is 411 g/mol. The molecule has 7 nitrogen and oxygen atoms in total. The minimum atomic E-state index is -0.601. The molecule has 1 saturated carbocycles. The number of nitrogens with one attached hydrogen (secondary N) is 1. The number of hydrogen-bond acceptors (Lipinski definition) is 5. The number of hydrogen-bond donors (Lipinski definition) is 2. The average molecular weight is 445 g/mol. The first kappa shape index (κ1) is 22.7. The van der Waals surface area contributed by atoms with Gasteiger partial charge in [0.15, 0.2) is 5.82 Å². The van der Waals surface area contributed by atoms with Crippen LogP contribution >= 0.6 is 0 Å². The number of halogens is 1. The van der Waals surface area contributed by atoms with E-state index in [1.807, 2.05) is 0 Å². The molecule has 0 unspecified atom stereocenters. The number of aromatic nitrogens is 2. The minimum Gasteiger partial charge on any atom is -0.466 e. The van der Waals surface area contributed by atoms with E-state index >= 15 is 4.39 Å². The second-order valence-corrected chi connectivity index (χ2v) is 9.42. The van der Waals surface area contributed by atoms with Gasteiger partial charge in [-0.25, -0.2) is 9.37 Å². The van der Waals surface area contributed by atoms with E-state index in [1.54, 1.807) is 24.0 Å². The van der Waals surface area contributed by atoms with E-state index < -0.39 is 23.6 Å². The molecule has 174 valence electrons. The molecule has 2 aromatic rings. The van der Waals surface area contributed by atoms with Gasteiger partial charge in [0.2, 0.25) is 5.91 Å². The maximum absolute atomic E-state index is 15.7. The third kappa shape index (κ3) is 4.25. The Hall–Kier alpha value is -2.48. The lowest BCUT2D eigenvalue weighted by Crippen LogP contribution is -2.28. The molecule has 0 spiro atoms. The summed E-state index contributed by atoms with van der Waals surface area (Å²) in [6, 6.07) is 3.22. The second kappa shape index (κ2) is 9.17. The largest absolute Gasteiger partial charge is 0.466 e. The van der Waals surface area contributed by atoms with Crippen LogP contribution in [-0.2, 0) is 14.3 Å². The number of carbonyl (C=O) groups is 2. The predicted octanol–water partition coefficient (Wildman–Crippen LogP) is 3.65. The van der Waals surface area contributed by atoms with Crippen LogP contribution in [0, 0.1) is 23.6 Å². The number of esters is 1. The first-order valence-electron chi connectivity index (χ1n) is 11.7. The van der Waals surface area contributed by atoms with Crippen molar-refractivity contribution in [2.24, 2.45) is 23.5 Å². The number of amides is 1. The zero-order chi connectivity index (χ0) is 23.0. The molecule has 8 heteroatoms. The Labute approximate surface area is 187 Å². The second-order valence-electron chi connectivity index (χ2n) is 9.42. The van der Waals surface area contributed by atoms with Crippen molar-refractivity contribution in [3.63, 3.8) is 0 Å². The van der Waals surface area contributed by atoms with Crippen molar-refractivity contribution < 1.29 is 18.7 Å². The molecule has 0 bridgehead atoms. The summed E-state index contributed by atoms with van der Waals surface area (Å²) in [5.74, 6) is -0.417. The Morgan fingerprint density at radius 1 is 1.28 bits per heavy atom. The van der Waals surface area contributed by atoms with E-state index in [-0.39, 0.29) is 37.2 Å². The molecule has 2 fully saturated rings. The molecule has 2 aliphatic rings. The number of likely N-dealkylation sites (tertiary alicyclic amines) is 1. The quantitative estimate of drug-likeness (QED) is 0.686. The summed E-state index contributed by atoms with van der Waals surface area (Å²) in [6.45, 7) is 6.20. The van der Waals surface area contributed by atoms with Crippen molar-refractivity contribution >= 4 is 22.9 Å². The molecule has 1 aromatic heterocycles. The van der Waals surface area contributed by atoms with E-state index in [4.69, 9.17) is 10.5 Å². The fourth-order valence-electron chi connectivity index (χ4n) is 5.25. The topological polar surface area (TPSA) is 101 Å². The Bertz CT molecular complexity index is 999. The first-order valence-corrected chi connectivity index (χ1v) is 11.7. The fraction of sp³-hybridized carbons (Fsp3) is 0.625. The van der Waals surface area contributed by atoms with Crippen molar-refractivity contribution in [3.05, 3.63) is 29.3 Å². The third-order valence-corrected chi connectivity index (χ3v) is 7.28. The summed E-state index contributed by atoms with van der Waals surface area (Å²) in [7, 11) is 0. The maximum atomic E-state index is 15.7. The first-order chi connectivity index (χ1) is 15.3. The molecule has 1 aromatic carbocycles. The number of aromatic amines is 1. The number of imidazole rings is 1. The predicted molar refractivity (Wildman–Crippen MR) is 119 cm³/mol. The van der Waals surface area contributed by atoms with Crippen molar-refractivity contribution in [3.8, 4) is 0 Å². The van der Waals surface area contributed by atoms with Crippen LogP contribution in [0.1, 0.15) is 69.8 Å². The summed E-state index contributed by atoms with van der Waals surface area (Å²) in [4.78, 5) is 33.8. The van der Waals surface area contributed by atoms with Gasteiger partial charge in [0.25, 0.3) is 0 Å². The number of rotatable bonds is 5. The van der Waals surface area contributed by atoms with Gasteiger partial charge in [-0.15, -0.1) is 0 Å². The molecule has 1 amide bonds. The summed E-state index contributed by atoms with van der Waals surface area (Å²) >= 11 is 0. The lowest BCUT2D eigenvalue weighted by atomic mass is 9.79. The summed E-state index contributed by atoms with van der Waals surface area (Å²) in [6.07, 6.45) is 4.41. The van der Waals surface area contributed by atoms with Crippen LogP contribution in [0.4, 0.5) is 4.39 Å². The number of benzene rings is 1. The number of fused-ring (bicyclic) bond motifs is 1. The van der Waals surface area contributed by atoms with Gasteiger partial charge >= 0.3 is 5.97 Å². The van der Waals surface area contributed by atoms with Gasteiger partial charge in [-0.2, -0.15) is 0 Å². The van der Waals surface area contributed by atoms with Gasteiger partial charge in [0.05, 0.1) is 24.1 Å². The standard InChI is InChI=1S/C24H33FN4O3/c1-4-32-24(31)18-12-29(14(3)30)11-17(18)16-9-10-19-22(20(16)25)28-23(27-19)21(26)15-7-5-13(2)6-8-15/h9-10,13,15,17-18,21H,4-8,11-12,26H2,1-3H3,(H,27,28)/t13?,15?,17-,18-,21+/m1/s1. The zero-order valence-corrected chi connectivity index (χ0v) is 19.1. The van der Waals surface area contributed by atoms with Crippen molar-refractivity contribution in [2.45, 2.75) is 58.4 Å². The third-order valence-electron chi connectivity index (χ3n) is 7.28. The number of carbonyl (C=O) groups excluding carboxylic acids is 2. The molecule has 4 rings (SSSR count). The monoisotopic (exact) mass is 444 g/mol. The Morgan fingerprint density at radius 2 is 2.00 bits per heavy atom. The number of H-pyrrole nitrogens is 1. The van der Waals surface area contributed by atoms with E-state index in [0.717, 1.165) is 31.6 Å². The van der Waals surface area contributed by atoms with Crippen LogP contribution in [0.15, 0.2) is 12.1 Å². The van der Waals surface area contributed by atoms with Gasteiger partial charge < -0.3 is 20.4 Å². The highest BCUT2D eigenvalue weighted by Gasteiger charge is 2.42. The molecule has 1 aliphatic carbocycles. The van der Waals surface area contributed by atoms with Gasteiger partial charge in [-0.3, -0.25) is 9.59 Å². The zero-order valence-electron chi connectivity index (χ0n) is 19.1. The SMILES string of the molecule is CCOC(=O)[C@@H]1CN(C(C)=O)C[C@@H]1c1ccc2[nH]c([C@@H](N)C3CCC(C)CC3)nc2c1F. The van der Waals surface area contributed by atoms with Crippen LogP contribution in [0.5, 0.6) is 0 Å². The summed E-state index contributed by atoms with van der Waals surface area (Å²) in [5.41, 5.74) is 7.73. The van der Waals surface area contributed by atoms with Crippen LogP contribution in [-0.4, -0.2) is 46.4 Å². The number of ether oxygens (including phenoxy) is 1. The maximum Gasteiger partial charge on any atom is 0.311 e. The van der Waals surface area contributed by atoms with E-state index in [9.17, 15) is 9.59 Å². The van der Waals surface area contributed by atoms with Crippen LogP contribution in [0.2, 0.25) is 0 Å². The van der Waals surface area contributed by atoms with Crippen LogP contribution in [0.25, 0.3) is 11.0 Å². The summed E-state index contributed by atoms with van der Waals surface area (Å²) in [5, 5.41) is 0. The molecule has 1 aliphatic heterocycles. The normalized spacial score (nSPS) is 27.0. The number of nitrogens with two attached hydrogens (primary N) is 1.